The lowest BCUT2D eigenvalue weighted by molar-refractivity contribution is 0.0268. The van der Waals surface area contributed by atoms with Crippen LogP contribution in [0.3, 0.4) is 0 Å². The van der Waals surface area contributed by atoms with E-state index in [1.807, 2.05) is 17.9 Å². The average Bonchev–Trinajstić information content (AvgIpc) is 2.99. The molecule has 5 nitrogen and oxygen atoms in total. The van der Waals surface area contributed by atoms with Crippen molar-refractivity contribution in [2.75, 3.05) is 26.7 Å². The van der Waals surface area contributed by atoms with Gasteiger partial charge in [0.1, 0.15) is 0 Å². The third kappa shape index (κ3) is 4.89. The summed E-state index contributed by atoms with van der Waals surface area (Å²) in [5.74, 6) is 0. The monoisotopic (exact) mass is 280 g/mol. The van der Waals surface area contributed by atoms with Crippen molar-refractivity contribution in [3.05, 3.63) is 18.0 Å². The molecule has 114 valence electrons. The number of aromatic nitrogens is 2. The van der Waals surface area contributed by atoms with E-state index in [0.717, 1.165) is 26.2 Å². The summed E-state index contributed by atoms with van der Waals surface area (Å²) in [5.41, 5.74) is 1.26. The van der Waals surface area contributed by atoms with Gasteiger partial charge in [-0.05, 0) is 32.9 Å². The minimum atomic E-state index is 0.380. The number of hydrogen-bond donors (Lipinski definition) is 1. The summed E-state index contributed by atoms with van der Waals surface area (Å²) in [4.78, 5) is 2.32. The summed E-state index contributed by atoms with van der Waals surface area (Å²) in [6.45, 7) is 6.21. The minimum absolute atomic E-state index is 0.380. The molecular weight excluding hydrogens is 252 g/mol. The van der Waals surface area contributed by atoms with E-state index in [1.54, 1.807) is 0 Å². The molecule has 20 heavy (non-hydrogen) atoms. The van der Waals surface area contributed by atoms with Crippen molar-refractivity contribution in [2.24, 2.45) is 7.05 Å². The maximum atomic E-state index is 6.10. The van der Waals surface area contributed by atoms with Crippen LogP contribution in [0.5, 0.6) is 0 Å². The Kier molecular flexibility index (Phi) is 6.01. The van der Waals surface area contributed by atoms with Crippen LogP contribution in [0.1, 0.15) is 31.7 Å². The number of ether oxygens (including phenoxy) is 1. The second kappa shape index (κ2) is 7.76. The Hall–Kier alpha value is -0.910. The molecule has 2 atom stereocenters. The average molecular weight is 280 g/mol. The second-order valence-corrected chi connectivity index (χ2v) is 5.88. The topological polar surface area (TPSA) is 42.3 Å². The van der Waals surface area contributed by atoms with Crippen LogP contribution in [0.25, 0.3) is 0 Å². The zero-order valence-electron chi connectivity index (χ0n) is 13.0. The van der Waals surface area contributed by atoms with Gasteiger partial charge in [0.05, 0.1) is 18.4 Å². The van der Waals surface area contributed by atoms with Crippen LogP contribution in [0.4, 0.5) is 0 Å². The number of likely N-dealkylation sites (N-methyl/N-ethyl adjacent to an activating group) is 1. The van der Waals surface area contributed by atoms with Crippen molar-refractivity contribution in [1.29, 1.82) is 0 Å². The molecular formula is C15H28N4O. The van der Waals surface area contributed by atoms with E-state index in [0.29, 0.717) is 12.2 Å². The minimum Gasteiger partial charge on any atom is -0.372 e. The first-order chi connectivity index (χ1) is 9.67. The summed E-state index contributed by atoms with van der Waals surface area (Å²) in [6, 6.07) is 0. The molecule has 1 aliphatic heterocycles. The zero-order chi connectivity index (χ0) is 14.4. The van der Waals surface area contributed by atoms with Crippen molar-refractivity contribution < 1.29 is 4.74 Å². The van der Waals surface area contributed by atoms with E-state index in [9.17, 15) is 0 Å². The Balaban J connectivity index is 1.66. The highest BCUT2D eigenvalue weighted by atomic mass is 16.5. The van der Waals surface area contributed by atoms with Gasteiger partial charge >= 0.3 is 0 Å². The Morgan fingerprint density at radius 2 is 2.25 bits per heavy atom. The standard InChI is InChI=1S/C15H28N4O/c1-4-7-16-9-14-5-6-15(20-14)12-18(2)10-13-8-17-19(3)11-13/h8,11,14-16H,4-7,9-10,12H2,1-3H3. The van der Waals surface area contributed by atoms with E-state index in [2.05, 4.69) is 35.5 Å². The Labute approximate surface area is 122 Å². The highest BCUT2D eigenvalue weighted by Gasteiger charge is 2.25. The lowest BCUT2D eigenvalue weighted by atomic mass is 10.2. The van der Waals surface area contributed by atoms with Gasteiger partial charge in [-0.2, -0.15) is 5.10 Å². The van der Waals surface area contributed by atoms with E-state index in [4.69, 9.17) is 4.74 Å². The van der Waals surface area contributed by atoms with Crippen LogP contribution in [0.15, 0.2) is 12.4 Å². The summed E-state index contributed by atoms with van der Waals surface area (Å²) >= 11 is 0. The van der Waals surface area contributed by atoms with Crippen molar-refractivity contribution in [3.8, 4) is 0 Å². The van der Waals surface area contributed by atoms with Gasteiger partial charge in [0.2, 0.25) is 0 Å². The Morgan fingerprint density at radius 1 is 1.45 bits per heavy atom. The number of hydrogen-bond acceptors (Lipinski definition) is 4. The van der Waals surface area contributed by atoms with Crippen LogP contribution in [0, 0.1) is 0 Å². The number of nitrogens with zero attached hydrogens (tertiary/aromatic N) is 3. The van der Waals surface area contributed by atoms with E-state index in [-0.39, 0.29) is 0 Å². The van der Waals surface area contributed by atoms with Crippen molar-refractivity contribution in [1.82, 2.24) is 20.0 Å². The van der Waals surface area contributed by atoms with Crippen molar-refractivity contribution >= 4 is 0 Å². The summed E-state index contributed by atoms with van der Waals surface area (Å²) < 4.78 is 7.95. The van der Waals surface area contributed by atoms with Crippen LogP contribution < -0.4 is 5.32 Å². The predicted molar refractivity (Wildman–Crippen MR) is 80.6 cm³/mol. The second-order valence-electron chi connectivity index (χ2n) is 5.88. The molecule has 1 aromatic heterocycles. The molecule has 0 radical (unpaired) electrons. The summed E-state index contributed by atoms with van der Waals surface area (Å²) in [5, 5.41) is 7.65. The molecule has 2 heterocycles. The zero-order valence-corrected chi connectivity index (χ0v) is 13.0. The normalized spacial score (nSPS) is 22.8. The molecule has 0 spiro atoms. The van der Waals surface area contributed by atoms with Gasteiger partial charge < -0.3 is 10.1 Å². The molecule has 0 bridgehead atoms. The first-order valence-electron chi connectivity index (χ1n) is 7.69. The van der Waals surface area contributed by atoms with Gasteiger partial charge in [0.15, 0.2) is 0 Å². The largest absolute Gasteiger partial charge is 0.372 e. The molecule has 2 unspecified atom stereocenters. The van der Waals surface area contributed by atoms with Crippen LogP contribution in [-0.4, -0.2) is 53.6 Å². The highest BCUT2D eigenvalue weighted by molar-refractivity contribution is 5.03. The maximum absolute atomic E-state index is 6.10. The quantitative estimate of drug-likeness (QED) is 0.731. The van der Waals surface area contributed by atoms with Crippen LogP contribution >= 0.6 is 0 Å². The molecule has 1 fully saturated rings. The predicted octanol–water partition coefficient (Wildman–Crippen LogP) is 1.40. The van der Waals surface area contributed by atoms with Crippen LogP contribution in [0.2, 0.25) is 0 Å². The molecule has 5 heteroatoms. The summed E-state index contributed by atoms with van der Waals surface area (Å²) in [7, 11) is 4.11. The van der Waals surface area contributed by atoms with Gasteiger partial charge in [-0.15, -0.1) is 0 Å². The number of nitrogens with one attached hydrogen (secondary N) is 1. The fourth-order valence-corrected chi connectivity index (χ4v) is 2.78. The van der Waals surface area contributed by atoms with Crippen molar-refractivity contribution in [2.45, 2.75) is 44.9 Å². The SMILES string of the molecule is CCCNCC1CCC(CN(C)Cc2cnn(C)c2)O1. The maximum Gasteiger partial charge on any atom is 0.0707 e. The third-order valence-electron chi connectivity index (χ3n) is 3.72. The summed E-state index contributed by atoms with van der Waals surface area (Å²) in [6.07, 6.45) is 8.33. The van der Waals surface area contributed by atoms with E-state index < -0.39 is 0 Å². The first-order valence-corrected chi connectivity index (χ1v) is 7.69. The number of rotatable bonds is 8. The molecule has 2 rings (SSSR count). The Morgan fingerprint density at radius 3 is 2.95 bits per heavy atom. The van der Waals surface area contributed by atoms with Crippen molar-refractivity contribution in [3.63, 3.8) is 0 Å². The van der Waals surface area contributed by atoms with E-state index in [1.165, 1.54) is 24.8 Å². The molecule has 0 aliphatic carbocycles. The number of aryl methyl sites for hydroxylation is 1. The lowest BCUT2D eigenvalue weighted by Crippen LogP contribution is -2.31. The van der Waals surface area contributed by atoms with Gasteiger partial charge in [-0.1, -0.05) is 6.92 Å². The lowest BCUT2D eigenvalue weighted by Gasteiger charge is -2.21. The molecule has 0 saturated carbocycles. The van der Waals surface area contributed by atoms with Crippen LogP contribution in [-0.2, 0) is 18.3 Å². The molecule has 0 amide bonds. The van der Waals surface area contributed by atoms with Gasteiger partial charge in [-0.3, -0.25) is 9.58 Å². The first kappa shape index (κ1) is 15.5. The smallest absolute Gasteiger partial charge is 0.0707 e. The fourth-order valence-electron chi connectivity index (χ4n) is 2.78. The van der Waals surface area contributed by atoms with Gasteiger partial charge in [-0.25, -0.2) is 0 Å². The third-order valence-corrected chi connectivity index (χ3v) is 3.72. The van der Waals surface area contributed by atoms with Gasteiger partial charge in [0, 0.05) is 38.4 Å². The fraction of sp³-hybridized carbons (Fsp3) is 0.800. The Bertz CT molecular complexity index is 393. The molecule has 1 N–H and O–H groups in total. The van der Waals surface area contributed by atoms with E-state index >= 15 is 0 Å². The molecule has 1 aliphatic rings. The van der Waals surface area contributed by atoms with Gasteiger partial charge in [0.25, 0.3) is 0 Å². The highest BCUT2D eigenvalue weighted by Crippen LogP contribution is 2.20. The molecule has 1 saturated heterocycles. The molecule has 1 aromatic rings. The molecule has 0 aromatic carbocycles.